The maximum absolute atomic E-state index is 13.3. The highest BCUT2D eigenvalue weighted by molar-refractivity contribution is 5.94. The van der Waals surface area contributed by atoms with E-state index in [0.717, 1.165) is 16.5 Å². The van der Waals surface area contributed by atoms with Crippen LogP contribution in [-0.4, -0.2) is 75.7 Å². The highest BCUT2D eigenvalue weighted by Gasteiger charge is 2.34. The van der Waals surface area contributed by atoms with Crippen LogP contribution in [0.5, 0.6) is 0 Å². The van der Waals surface area contributed by atoms with Crippen LogP contribution >= 0.6 is 0 Å². The van der Waals surface area contributed by atoms with Crippen molar-refractivity contribution >= 4 is 34.6 Å². The molecule has 39 heavy (non-hydrogen) atoms. The predicted octanol–water partition coefficient (Wildman–Crippen LogP) is 0.133. The molecule has 0 bridgehead atoms. The van der Waals surface area contributed by atoms with Gasteiger partial charge >= 0.3 is 5.97 Å². The molecule has 216 valence electrons. The normalized spacial score (nSPS) is 15.9. The van der Waals surface area contributed by atoms with Gasteiger partial charge in [-0.15, -0.1) is 0 Å². The molecule has 6 unspecified atom stereocenters. The van der Waals surface area contributed by atoms with E-state index in [1.54, 1.807) is 13.1 Å². The predicted molar refractivity (Wildman–Crippen MR) is 147 cm³/mol. The van der Waals surface area contributed by atoms with Crippen molar-refractivity contribution in [3.63, 3.8) is 0 Å². The third-order valence-electron chi connectivity index (χ3n) is 6.87. The zero-order valence-corrected chi connectivity index (χ0v) is 22.8. The van der Waals surface area contributed by atoms with Gasteiger partial charge in [-0.05, 0) is 56.7 Å². The summed E-state index contributed by atoms with van der Waals surface area (Å²) in [4.78, 5) is 53.9. The maximum Gasteiger partial charge on any atom is 0.328 e. The molecule has 12 nitrogen and oxygen atoms in total. The van der Waals surface area contributed by atoms with Gasteiger partial charge in [0.2, 0.25) is 17.7 Å². The summed E-state index contributed by atoms with van der Waals surface area (Å²) in [6.07, 6.45) is 2.67. The molecule has 0 radical (unpaired) electrons. The molecule has 2 aromatic rings. The summed E-state index contributed by atoms with van der Waals surface area (Å²) in [7, 11) is 0. The van der Waals surface area contributed by atoms with Gasteiger partial charge in [-0.3, -0.25) is 14.4 Å². The molecule has 0 saturated heterocycles. The van der Waals surface area contributed by atoms with Gasteiger partial charge < -0.3 is 42.6 Å². The Morgan fingerprint density at radius 3 is 2.26 bits per heavy atom. The lowest BCUT2D eigenvalue weighted by Crippen LogP contribution is -2.59. The van der Waals surface area contributed by atoms with Gasteiger partial charge in [0.1, 0.15) is 12.1 Å². The molecule has 1 aromatic carbocycles. The standard InChI is InChI=1S/C27H42N6O6/c1-4-15(2)22(26(37)33-23(16(3)34)27(38)39)32-25(36)21(11-7-8-12-28)31-24(35)19(29)13-17-14-30-20-10-6-5-9-18(17)20/h5-6,9-10,14-16,19,21-23,30,34H,4,7-8,11-13,28-29H2,1-3H3,(H,31,35)(H,32,36)(H,33,37)(H,38,39). The third kappa shape index (κ3) is 9.05. The van der Waals surface area contributed by atoms with Crippen molar-refractivity contribution in [2.45, 2.75) is 83.1 Å². The number of nitrogens with two attached hydrogens (primary N) is 2. The van der Waals surface area contributed by atoms with Crippen molar-refractivity contribution < 1.29 is 29.4 Å². The average molecular weight is 547 g/mol. The second-order valence-corrected chi connectivity index (χ2v) is 9.95. The van der Waals surface area contributed by atoms with Gasteiger partial charge in [-0.1, -0.05) is 38.5 Å². The lowest BCUT2D eigenvalue weighted by Gasteiger charge is -2.28. The Kier molecular flexibility index (Phi) is 12.4. The summed E-state index contributed by atoms with van der Waals surface area (Å²) >= 11 is 0. The van der Waals surface area contributed by atoms with Gasteiger partial charge in [0.05, 0.1) is 12.1 Å². The van der Waals surface area contributed by atoms with E-state index < -0.39 is 54.0 Å². The zero-order valence-electron chi connectivity index (χ0n) is 22.8. The fourth-order valence-corrected chi connectivity index (χ4v) is 4.26. The van der Waals surface area contributed by atoms with E-state index in [1.165, 1.54) is 6.92 Å². The van der Waals surface area contributed by atoms with Gasteiger partial charge in [0.15, 0.2) is 6.04 Å². The van der Waals surface area contributed by atoms with Crippen molar-refractivity contribution in [3.05, 3.63) is 36.0 Å². The first kappa shape index (κ1) is 31.7. The molecule has 0 spiro atoms. The quantitative estimate of drug-likeness (QED) is 0.135. The molecule has 0 aliphatic rings. The first-order valence-corrected chi connectivity index (χ1v) is 13.3. The number of aliphatic carboxylic acids is 1. The van der Waals surface area contributed by atoms with Gasteiger partial charge in [0, 0.05) is 17.1 Å². The Morgan fingerprint density at radius 1 is 0.974 bits per heavy atom. The van der Waals surface area contributed by atoms with Gasteiger partial charge in [-0.2, -0.15) is 0 Å². The lowest BCUT2D eigenvalue weighted by molar-refractivity contribution is -0.145. The summed E-state index contributed by atoms with van der Waals surface area (Å²) < 4.78 is 0. The Bertz CT molecular complexity index is 1120. The molecule has 0 aliphatic heterocycles. The van der Waals surface area contributed by atoms with E-state index >= 15 is 0 Å². The highest BCUT2D eigenvalue weighted by Crippen LogP contribution is 2.19. The number of nitrogens with one attached hydrogen (secondary N) is 4. The maximum atomic E-state index is 13.3. The Morgan fingerprint density at radius 2 is 1.64 bits per heavy atom. The molecule has 0 fully saturated rings. The molecular formula is C27H42N6O6. The van der Waals surface area contributed by atoms with Crippen LogP contribution in [0.25, 0.3) is 10.9 Å². The molecule has 1 heterocycles. The van der Waals surface area contributed by atoms with Crippen LogP contribution in [0.3, 0.4) is 0 Å². The van der Waals surface area contributed by atoms with Crippen LogP contribution in [-0.2, 0) is 25.6 Å². The molecule has 1 aromatic heterocycles. The van der Waals surface area contributed by atoms with E-state index in [9.17, 15) is 29.4 Å². The van der Waals surface area contributed by atoms with E-state index in [4.69, 9.17) is 11.5 Å². The molecular weight excluding hydrogens is 504 g/mol. The summed E-state index contributed by atoms with van der Waals surface area (Å²) in [6, 6.07) is 3.12. The van der Waals surface area contributed by atoms with E-state index in [1.807, 2.05) is 31.2 Å². The Hall–Kier alpha value is -3.48. The van der Waals surface area contributed by atoms with Crippen LogP contribution in [0.15, 0.2) is 30.5 Å². The van der Waals surface area contributed by atoms with Crippen molar-refractivity contribution in [2.75, 3.05) is 6.54 Å². The number of carboxylic acids is 1. The number of hydrogen-bond donors (Lipinski definition) is 8. The van der Waals surface area contributed by atoms with Crippen molar-refractivity contribution in [2.24, 2.45) is 17.4 Å². The first-order valence-electron chi connectivity index (χ1n) is 13.3. The molecule has 3 amide bonds. The van der Waals surface area contributed by atoms with Crippen molar-refractivity contribution in [1.82, 2.24) is 20.9 Å². The largest absolute Gasteiger partial charge is 0.480 e. The number of carbonyl (C=O) groups excluding carboxylic acids is 3. The number of aromatic amines is 1. The fraction of sp³-hybridized carbons (Fsp3) is 0.556. The van der Waals surface area contributed by atoms with Crippen molar-refractivity contribution in [3.8, 4) is 0 Å². The number of para-hydroxylation sites is 1. The van der Waals surface area contributed by atoms with E-state index in [2.05, 4.69) is 20.9 Å². The van der Waals surface area contributed by atoms with Gasteiger partial charge in [0.25, 0.3) is 0 Å². The zero-order chi connectivity index (χ0) is 29.1. The number of H-pyrrole nitrogens is 1. The summed E-state index contributed by atoms with van der Waals surface area (Å²) in [6.45, 7) is 5.22. The Balaban J connectivity index is 2.15. The number of benzene rings is 1. The summed E-state index contributed by atoms with van der Waals surface area (Å²) in [5, 5.41) is 27.7. The van der Waals surface area contributed by atoms with Crippen LogP contribution < -0.4 is 27.4 Å². The summed E-state index contributed by atoms with van der Waals surface area (Å²) in [5.74, 6) is -3.61. The molecule has 6 atom stereocenters. The number of hydrogen-bond acceptors (Lipinski definition) is 7. The third-order valence-corrected chi connectivity index (χ3v) is 6.87. The molecule has 0 aliphatic carbocycles. The SMILES string of the molecule is CCC(C)C(NC(=O)C(CCCCN)NC(=O)C(N)Cc1c[nH]c2ccccc12)C(=O)NC(C(=O)O)C(C)O. The number of unbranched alkanes of at least 4 members (excludes halogenated alkanes) is 1. The number of rotatable bonds is 16. The average Bonchev–Trinajstić information content (AvgIpc) is 3.31. The van der Waals surface area contributed by atoms with Crippen molar-refractivity contribution in [1.29, 1.82) is 0 Å². The number of carboxylic acid groups (broad SMARTS) is 1. The molecule has 12 heteroatoms. The number of aromatic nitrogens is 1. The topological polar surface area (TPSA) is 213 Å². The fourth-order valence-electron chi connectivity index (χ4n) is 4.26. The lowest BCUT2D eigenvalue weighted by atomic mass is 9.96. The second kappa shape index (κ2) is 15.2. The second-order valence-electron chi connectivity index (χ2n) is 9.95. The van der Waals surface area contributed by atoms with Gasteiger partial charge in [-0.25, -0.2) is 4.79 Å². The molecule has 10 N–H and O–H groups in total. The first-order chi connectivity index (χ1) is 18.5. The number of fused-ring (bicyclic) bond motifs is 1. The number of aliphatic hydroxyl groups excluding tert-OH is 1. The van der Waals surface area contributed by atoms with Crippen LogP contribution in [0.4, 0.5) is 0 Å². The minimum Gasteiger partial charge on any atom is -0.480 e. The van der Waals surface area contributed by atoms with Crippen LogP contribution in [0, 0.1) is 5.92 Å². The number of carbonyl (C=O) groups is 4. The minimum atomic E-state index is -1.54. The molecule has 2 rings (SSSR count). The number of aliphatic hydroxyl groups is 1. The monoisotopic (exact) mass is 546 g/mol. The molecule has 0 saturated carbocycles. The van der Waals surface area contributed by atoms with E-state index in [0.29, 0.717) is 25.8 Å². The highest BCUT2D eigenvalue weighted by atomic mass is 16.4. The van der Waals surface area contributed by atoms with Crippen LogP contribution in [0.1, 0.15) is 52.0 Å². The minimum absolute atomic E-state index is 0.251. The Labute approximate surface area is 228 Å². The van der Waals surface area contributed by atoms with Crippen LogP contribution in [0.2, 0.25) is 0 Å². The van der Waals surface area contributed by atoms with E-state index in [-0.39, 0.29) is 18.8 Å². The number of amides is 3. The summed E-state index contributed by atoms with van der Waals surface area (Å²) in [5.41, 5.74) is 13.6. The smallest absolute Gasteiger partial charge is 0.328 e.